The first-order chi connectivity index (χ1) is 10.9. The number of benzene rings is 1. The van der Waals surface area contributed by atoms with Crippen LogP contribution in [0.25, 0.3) is 11.1 Å². The Bertz CT molecular complexity index is 902. The first-order valence-corrected chi connectivity index (χ1v) is 6.80. The van der Waals surface area contributed by atoms with Gasteiger partial charge in [0, 0.05) is 5.56 Å². The first kappa shape index (κ1) is 16.3. The van der Waals surface area contributed by atoms with Crippen LogP contribution in [0.5, 0.6) is 5.75 Å². The van der Waals surface area contributed by atoms with Gasteiger partial charge in [0.25, 0.3) is 5.56 Å². The zero-order valence-electron chi connectivity index (χ0n) is 11.9. The van der Waals surface area contributed by atoms with Gasteiger partial charge >= 0.3 is 0 Å². The van der Waals surface area contributed by atoms with Gasteiger partial charge in [0.2, 0.25) is 0 Å². The Kier molecular flexibility index (Phi) is 4.54. The van der Waals surface area contributed by atoms with Crippen molar-refractivity contribution in [3.63, 3.8) is 0 Å². The maximum Gasteiger partial charge on any atom is 0.268 e. The van der Waals surface area contributed by atoms with E-state index in [0.717, 1.165) is 6.07 Å². The minimum atomic E-state index is -0.777. The maximum atomic E-state index is 14.2. The predicted octanol–water partition coefficient (Wildman–Crippen LogP) is 2.56. The molecule has 0 aliphatic carbocycles. The van der Waals surface area contributed by atoms with Gasteiger partial charge in [-0.2, -0.15) is 10.5 Å². The molecule has 0 amide bonds. The number of aromatic amines is 1. The Morgan fingerprint density at radius 2 is 2.00 bits per heavy atom. The number of halogens is 2. The quantitative estimate of drug-likeness (QED) is 0.896. The van der Waals surface area contributed by atoms with Crippen molar-refractivity contribution < 1.29 is 9.13 Å². The van der Waals surface area contributed by atoms with Crippen LogP contribution in [0, 0.1) is 28.5 Å². The van der Waals surface area contributed by atoms with Crippen LogP contribution in [0.4, 0.5) is 10.2 Å². The van der Waals surface area contributed by atoms with Crippen molar-refractivity contribution in [2.45, 2.75) is 6.92 Å². The monoisotopic (exact) mass is 332 g/mol. The van der Waals surface area contributed by atoms with E-state index < -0.39 is 11.4 Å². The largest absolute Gasteiger partial charge is 0.489 e. The third-order valence-corrected chi connectivity index (χ3v) is 3.32. The van der Waals surface area contributed by atoms with E-state index in [1.807, 2.05) is 0 Å². The predicted molar refractivity (Wildman–Crippen MR) is 82.5 cm³/mol. The Hall–Kier alpha value is -3.03. The van der Waals surface area contributed by atoms with Crippen LogP contribution in [-0.4, -0.2) is 11.6 Å². The van der Waals surface area contributed by atoms with Gasteiger partial charge in [-0.05, 0) is 24.6 Å². The van der Waals surface area contributed by atoms with E-state index in [0.29, 0.717) is 0 Å². The molecule has 0 radical (unpaired) electrons. The molecule has 0 saturated heterocycles. The lowest BCUT2D eigenvalue weighted by molar-refractivity contribution is 0.322. The molecule has 0 aliphatic rings. The summed E-state index contributed by atoms with van der Waals surface area (Å²) in [5.41, 5.74) is 4.36. The van der Waals surface area contributed by atoms with E-state index in [-0.39, 0.29) is 45.5 Å². The molecule has 3 N–H and O–H groups in total. The second-order valence-electron chi connectivity index (χ2n) is 4.42. The van der Waals surface area contributed by atoms with E-state index in [1.54, 1.807) is 19.1 Å². The van der Waals surface area contributed by atoms with Crippen LogP contribution >= 0.6 is 11.6 Å². The second kappa shape index (κ2) is 6.39. The molecule has 0 unspecified atom stereocenters. The molecular formula is C15H10ClFN4O2. The molecule has 8 heteroatoms. The number of ether oxygens (including phenoxy) is 1. The highest BCUT2D eigenvalue weighted by Gasteiger charge is 2.21. The van der Waals surface area contributed by atoms with Gasteiger partial charge in [0.05, 0.1) is 11.6 Å². The summed E-state index contributed by atoms with van der Waals surface area (Å²) >= 11 is 5.99. The number of aromatic nitrogens is 1. The lowest BCUT2D eigenvalue weighted by Gasteiger charge is -2.12. The Morgan fingerprint density at radius 3 is 2.52 bits per heavy atom. The summed E-state index contributed by atoms with van der Waals surface area (Å²) in [6, 6.07) is 5.84. The number of nitrogens with one attached hydrogen (secondary N) is 1. The molecule has 23 heavy (non-hydrogen) atoms. The Labute approximate surface area is 135 Å². The highest BCUT2D eigenvalue weighted by molar-refractivity contribution is 6.32. The lowest BCUT2D eigenvalue weighted by atomic mass is 9.96. The van der Waals surface area contributed by atoms with Crippen LogP contribution in [0.2, 0.25) is 5.02 Å². The number of nitrogens with two attached hydrogens (primary N) is 1. The standard InChI is InChI=1S/C15H10ClFN4O2/c1-2-23-13-10(16)3-7(4-11(13)17)12-8(5-18)14(20)21-15(22)9(12)6-19/h3-4H,2H2,1H3,(H3,20,21,22). The van der Waals surface area contributed by atoms with E-state index in [2.05, 4.69) is 4.98 Å². The summed E-state index contributed by atoms with van der Waals surface area (Å²) in [6.45, 7) is 1.88. The molecule has 116 valence electrons. The fourth-order valence-electron chi connectivity index (χ4n) is 2.12. The van der Waals surface area contributed by atoms with Crippen LogP contribution in [0.3, 0.4) is 0 Å². The molecule has 0 bridgehead atoms. The average molecular weight is 333 g/mol. The number of hydrogen-bond acceptors (Lipinski definition) is 5. The van der Waals surface area contributed by atoms with Crippen LogP contribution in [0.15, 0.2) is 16.9 Å². The summed E-state index contributed by atoms with van der Waals surface area (Å²) in [4.78, 5) is 14.1. The van der Waals surface area contributed by atoms with Gasteiger partial charge in [0.15, 0.2) is 11.6 Å². The number of rotatable bonds is 3. The maximum absolute atomic E-state index is 14.2. The van der Waals surface area contributed by atoms with Crippen LogP contribution < -0.4 is 16.0 Å². The number of pyridine rings is 1. The zero-order chi connectivity index (χ0) is 17.1. The van der Waals surface area contributed by atoms with Crippen molar-refractivity contribution in [3.8, 4) is 29.0 Å². The van der Waals surface area contributed by atoms with E-state index in [9.17, 15) is 19.7 Å². The zero-order valence-corrected chi connectivity index (χ0v) is 12.7. The number of nitriles is 2. The van der Waals surface area contributed by atoms with Crippen molar-refractivity contribution in [2.24, 2.45) is 0 Å². The fraction of sp³-hybridized carbons (Fsp3) is 0.133. The molecule has 2 rings (SSSR count). The molecule has 0 fully saturated rings. The SMILES string of the molecule is CCOc1c(F)cc(-c2c(C#N)c(N)[nH]c(=O)c2C#N)cc1Cl. The minimum absolute atomic E-state index is 0.0477. The van der Waals surface area contributed by atoms with E-state index in [4.69, 9.17) is 22.1 Å². The molecule has 0 aliphatic heterocycles. The van der Waals surface area contributed by atoms with Gasteiger partial charge in [-0.15, -0.1) is 0 Å². The number of nitrogens with zero attached hydrogens (tertiary/aromatic N) is 2. The summed E-state index contributed by atoms with van der Waals surface area (Å²) in [5.74, 6) is -1.13. The third kappa shape index (κ3) is 2.83. The summed E-state index contributed by atoms with van der Waals surface area (Å²) < 4.78 is 19.3. The summed E-state index contributed by atoms with van der Waals surface area (Å²) in [6.07, 6.45) is 0. The average Bonchev–Trinajstić information content (AvgIpc) is 2.50. The van der Waals surface area contributed by atoms with Crippen molar-refractivity contribution in [2.75, 3.05) is 12.3 Å². The van der Waals surface area contributed by atoms with Crippen molar-refractivity contribution in [1.29, 1.82) is 10.5 Å². The van der Waals surface area contributed by atoms with Gasteiger partial charge in [-0.3, -0.25) is 4.79 Å². The topological polar surface area (TPSA) is 116 Å². The molecule has 0 saturated carbocycles. The number of hydrogen-bond donors (Lipinski definition) is 2. The number of nitrogen functional groups attached to an aromatic ring is 1. The molecule has 0 atom stereocenters. The molecule has 2 aromatic rings. The molecule has 1 aromatic carbocycles. The van der Waals surface area contributed by atoms with Gasteiger partial charge in [-0.25, -0.2) is 4.39 Å². The van der Waals surface area contributed by atoms with Crippen LogP contribution in [-0.2, 0) is 0 Å². The summed E-state index contributed by atoms with van der Waals surface area (Å²) in [7, 11) is 0. The summed E-state index contributed by atoms with van der Waals surface area (Å²) in [5, 5.41) is 18.4. The molecular weight excluding hydrogens is 323 g/mol. The van der Waals surface area contributed by atoms with E-state index in [1.165, 1.54) is 6.07 Å². The van der Waals surface area contributed by atoms with Gasteiger partial charge in [-0.1, -0.05) is 11.6 Å². The highest BCUT2D eigenvalue weighted by Crippen LogP contribution is 2.36. The Morgan fingerprint density at radius 1 is 1.35 bits per heavy atom. The Balaban J connectivity index is 2.86. The van der Waals surface area contributed by atoms with Crippen molar-refractivity contribution in [3.05, 3.63) is 44.5 Å². The third-order valence-electron chi connectivity index (χ3n) is 3.04. The number of anilines is 1. The number of H-pyrrole nitrogens is 1. The fourth-order valence-corrected chi connectivity index (χ4v) is 2.38. The normalized spacial score (nSPS) is 9.96. The second-order valence-corrected chi connectivity index (χ2v) is 4.83. The van der Waals surface area contributed by atoms with Crippen molar-refractivity contribution >= 4 is 17.4 Å². The molecule has 1 heterocycles. The van der Waals surface area contributed by atoms with Crippen LogP contribution in [0.1, 0.15) is 18.1 Å². The molecule has 0 spiro atoms. The molecule has 6 nitrogen and oxygen atoms in total. The highest BCUT2D eigenvalue weighted by atomic mass is 35.5. The van der Waals surface area contributed by atoms with Gasteiger partial charge < -0.3 is 15.5 Å². The minimum Gasteiger partial charge on any atom is -0.489 e. The molecule has 1 aromatic heterocycles. The van der Waals surface area contributed by atoms with Gasteiger partial charge in [0.1, 0.15) is 29.1 Å². The van der Waals surface area contributed by atoms with Crippen molar-refractivity contribution in [1.82, 2.24) is 4.98 Å². The smallest absolute Gasteiger partial charge is 0.268 e. The lowest BCUT2D eigenvalue weighted by Crippen LogP contribution is -2.16. The van der Waals surface area contributed by atoms with E-state index >= 15 is 0 Å². The first-order valence-electron chi connectivity index (χ1n) is 6.42.